The Balaban J connectivity index is 2.37. The van der Waals surface area contributed by atoms with E-state index in [2.05, 4.69) is 6.58 Å². The van der Waals surface area contributed by atoms with Crippen molar-refractivity contribution in [1.29, 1.82) is 0 Å². The van der Waals surface area contributed by atoms with Crippen molar-refractivity contribution in [2.75, 3.05) is 0 Å². The van der Waals surface area contributed by atoms with Crippen LogP contribution in [-0.4, -0.2) is 28.0 Å². The molecule has 0 radical (unpaired) electrons. The number of nitrogens with zero attached hydrogens (tertiary/aromatic N) is 1. The first-order valence-corrected chi connectivity index (χ1v) is 5.56. The van der Waals surface area contributed by atoms with Crippen LogP contribution in [0.1, 0.15) is 28.8 Å². The molecule has 6 heteroatoms. The van der Waals surface area contributed by atoms with Crippen molar-refractivity contribution in [3.8, 4) is 5.75 Å². The van der Waals surface area contributed by atoms with Gasteiger partial charge in [-0.05, 0) is 17.7 Å². The van der Waals surface area contributed by atoms with Crippen molar-refractivity contribution in [3.05, 3.63) is 35.9 Å². The van der Waals surface area contributed by atoms with Gasteiger partial charge in [0.2, 0.25) is 0 Å². The SMILES string of the molecule is C=Cc1ccc(C(=O)O)c(ON2C(=O)CCC2=O)c1. The van der Waals surface area contributed by atoms with Gasteiger partial charge in [-0.15, -0.1) is 5.06 Å². The first kappa shape index (κ1) is 12.8. The van der Waals surface area contributed by atoms with E-state index in [0.29, 0.717) is 10.6 Å². The topological polar surface area (TPSA) is 83.9 Å². The van der Waals surface area contributed by atoms with Crippen LogP contribution in [0.3, 0.4) is 0 Å². The maximum atomic E-state index is 11.4. The van der Waals surface area contributed by atoms with Gasteiger partial charge in [-0.2, -0.15) is 0 Å². The Morgan fingerprint density at radius 1 is 1.32 bits per heavy atom. The fourth-order valence-electron chi connectivity index (χ4n) is 1.67. The normalized spacial score (nSPS) is 14.6. The summed E-state index contributed by atoms with van der Waals surface area (Å²) in [7, 11) is 0. The Labute approximate surface area is 108 Å². The Morgan fingerprint density at radius 3 is 2.47 bits per heavy atom. The molecule has 1 fully saturated rings. The summed E-state index contributed by atoms with van der Waals surface area (Å²) in [6.45, 7) is 3.56. The standard InChI is InChI=1S/C13H11NO5/c1-2-8-3-4-9(13(17)18)10(7-8)19-14-11(15)5-6-12(14)16/h2-4,7H,1,5-6H2,(H,17,18). The molecule has 0 aliphatic carbocycles. The van der Waals surface area contributed by atoms with Crippen LogP contribution >= 0.6 is 0 Å². The average Bonchev–Trinajstić information content (AvgIpc) is 2.70. The van der Waals surface area contributed by atoms with Gasteiger partial charge in [-0.3, -0.25) is 9.59 Å². The molecule has 1 aliphatic heterocycles. The second-order valence-electron chi connectivity index (χ2n) is 3.94. The van der Waals surface area contributed by atoms with E-state index in [9.17, 15) is 14.4 Å². The smallest absolute Gasteiger partial charge is 0.339 e. The molecule has 0 bridgehead atoms. The van der Waals surface area contributed by atoms with Crippen molar-refractivity contribution < 1.29 is 24.3 Å². The van der Waals surface area contributed by atoms with Gasteiger partial charge in [-0.1, -0.05) is 18.7 Å². The van der Waals surface area contributed by atoms with E-state index in [4.69, 9.17) is 9.94 Å². The molecule has 0 spiro atoms. The zero-order valence-corrected chi connectivity index (χ0v) is 9.96. The van der Waals surface area contributed by atoms with Crippen molar-refractivity contribution in [2.45, 2.75) is 12.8 Å². The predicted molar refractivity (Wildman–Crippen MR) is 65.2 cm³/mol. The number of carboxylic acid groups (broad SMARTS) is 1. The lowest BCUT2D eigenvalue weighted by Gasteiger charge is -2.16. The van der Waals surface area contributed by atoms with Gasteiger partial charge >= 0.3 is 5.97 Å². The van der Waals surface area contributed by atoms with Crippen molar-refractivity contribution in [3.63, 3.8) is 0 Å². The van der Waals surface area contributed by atoms with E-state index in [1.54, 1.807) is 6.07 Å². The number of carbonyl (C=O) groups is 3. The molecule has 1 aliphatic rings. The molecule has 98 valence electrons. The molecule has 2 rings (SSSR count). The number of aromatic carboxylic acids is 1. The lowest BCUT2D eigenvalue weighted by molar-refractivity contribution is -0.164. The molecule has 2 amide bonds. The van der Waals surface area contributed by atoms with Crippen LogP contribution in [0.4, 0.5) is 0 Å². The molecule has 1 saturated heterocycles. The molecule has 1 N–H and O–H groups in total. The Kier molecular flexibility index (Phi) is 3.33. The Bertz CT molecular complexity index is 562. The Hall–Kier alpha value is -2.63. The highest BCUT2D eigenvalue weighted by atomic mass is 16.7. The zero-order valence-electron chi connectivity index (χ0n) is 9.96. The van der Waals surface area contributed by atoms with Crippen LogP contribution in [-0.2, 0) is 9.59 Å². The number of carbonyl (C=O) groups excluding carboxylic acids is 2. The maximum absolute atomic E-state index is 11.4. The van der Waals surface area contributed by atoms with E-state index in [-0.39, 0.29) is 24.2 Å². The van der Waals surface area contributed by atoms with Gasteiger partial charge in [0.25, 0.3) is 11.8 Å². The van der Waals surface area contributed by atoms with E-state index < -0.39 is 17.8 Å². The molecule has 1 aromatic rings. The lowest BCUT2D eigenvalue weighted by Crippen LogP contribution is -2.33. The third kappa shape index (κ3) is 2.47. The molecule has 0 atom stereocenters. The van der Waals surface area contributed by atoms with Crippen molar-refractivity contribution in [1.82, 2.24) is 5.06 Å². The quantitative estimate of drug-likeness (QED) is 0.830. The van der Waals surface area contributed by atoms with Gasteiger partial charge in [0.15, 0.2) is 5.75 Å². The second-order valence-corrected chi connectivity index (χ2v) is 3.94. The van der Waals surface area contributed by atoms with Crippen molar-refractivity contribution in [2.24, 2.45) is 0 Å². The number of imide groups is 1. The molecule has 19 heavy (non-hydrogen) atoms. The summed E-state index contributed by atoms with van der Waals surface area (Å²) >= 11 is 0. The van der Waals surface area contributed by atoms with E-state index in [1.165, 1.54) is 18.2 Å². The third-order valence-corrected chi connectivity index (χ3v) is 2.67. The van der Waals surface area contributed by atoms with Gasteiger partial charge in [-0.25, -0.2) is 4.79 Å². The van der Waals surface area contributed by atoms with Gasteiger partial charge in [0.05, 0.1) is 0 Å². The van der Waals surface area contributed by atoms with E-state index >= 15 is 0 Å². The van der Waals surface area contributed by atoms with Crippen LogP contribution in [0.2, 0.25) is 0 Å². The number of rotatable bonds is 4. The number of benzene rings is 1. The Morgan fingerprint density at radius 2 is 1.95 bits per heavy atom. The van der Waals surface area contributed by atoms with Gasteiger partial charge in [0, 0.05) is 12.8 Å². The first-order chi connectivity index (χ1) is 9.02. The van der Waals surface area contributed by atoms with Crippen LogP contribution in [0, 0.1) is 0 Å². The summed E-state index contributed by atoms with van der Waals surface area (Å²) in [6, 6.07) is 4.30. The lowest BCUT2D eigenvalue weighted by atomic mass is 10.1. The number of hydrogen-bond donors (Lipinski definition) is 1. The number of hydrogen-bond acceptors (Lipinski definition) is 4. The fourth-order valence-corrected chi connectivity index (χ4v) is 1.67. The highest BCUT2D eigenvalue weighted by molar-refractivity contribution is 6.01. The molecule has 0 unspecified atom stereocenters. The van der Waals surface area contributed by atoms with Crippen molar-refractivity contribution >= 4 is 23.9 Å². The highest BCUT2D eigenvalue weighted by Gasteiger charge is 2.32. The predicted octanol–water partition coefficient (Wildman–Crippen LogP) is 1.47. The molecule has 6 nitrogen and oxygen atoms in total. The summed E-state index contributed by atoms with van der Waals surface area (Å²) in [4.78, 5) is 39.1. The minimum atomic E-state index is -1.20. The third-order valence-electron chi connectivity index (χ3n) is 2.67. The molecule has 1 heterocycles. The van der Waals surface area contributed by atoms with Gasteiger partial charge in [0.1, 0.15) is 5.56 Å². The maximum Gasteiger partial charge on any atom is 0.339 e. The van der Waals surface area contributed by atoms with E-state index in [1.807, 2.05) is 0 Å². The summed E-state index contributed by atoms with van der Waals surface area (Å²) in [5, 5.41) is 9.65. The summed E-state index contributed by atoms with van der Waals surface area (Å²) in [6.07, 6.45) is 1.65. The van der Waals surface area contributed by atoms with Crippen LogP contribution in [0.25, 0.3) is 6.08 Å². The van der Waals surface area contributed by atoms with Crippen LogP contribution in [0.5, 0.6) is 5.75 Å². The zero-order chi connectivity index (χ0) is 14.0. The molecule has 0 aromatic heterocycles. The molecule has 0 saturated carbocycles. The number of carboxylic acids is 1. The summed E-state index contributed by atoms with van der Waals surface area (Å²) < 4.78 is 0. The molecule has 1 aromatic carbocycles. The first-order valence-electron chi connectivity index (χ1n) is 5.56. The van der Waals surface area contributed by atoms with E-state index in [0.717, 1.165) is 0 Å². The number of hydroxylamine groups is 2. The minimum Gasteiger partial charge on any atom is -0.478 e. The molecular formula is C13H11NO5. The average molecular weight is 261 g/mol. The highest BCUT2D eigenvalue weighted by Crippen LogP contribution is 2.24. The number of amides is 2. The summed E-state index contributed by atoms with van der Waals surface area (Å²) in [5.74, 6) is -2.23. The second kappa shape index (κ2) is 4.93. The summed E-state index contributed by atoms with van der Waals surface area (Å²) in [5.41, 5.74) is 0.497. The minimum absolute atomic E-state index is 0.0616. The molecular weight excluding hydrogens is 250 g/mol. The largest absolute Gasteiger partial charge is 0.478 e. The fraction of sp³-hybridized carbons (Fsp3) is 0.154. The van der Waals surface area contributed by atoms with Gasteiger partial charge < -0.3 is 9.94 Å². The monoisotopic (exact) mass is 261 g/mol. The van der Waals surface area contributed by atoms with Crippen LogP contribution < -0.4 is 4.84 Å². The van der Waals surface area contributed by atoms with Crippen LogP contribution in [0.15, 0.2) is 24.8 Å².